The summed E-state index contributed by atoms with van der Waals surface area (Å²) < 4.78 is 13.2. The lowest BCUT2D eigenvalue weighted by atomic mass is 10.0. The van der Waals surface area contributed by atoms with Crippen LogP contribution in [-0.2, 0) is 9.47 Å². The fourth-order valence-corrected chi connectivity index (χ4v) is 3.53. The molecule has 1 saturated heterocycles. The van der Waals surface area contributed by atoms with Gasteiger partial charge in [-0.05, 0) is 38.8 Å². The fraction of sp³-hybridized carbons (Fsp3) is 0.611. The molecule has 1 aliphatic rings. The molecule has 0 amide bonds. The first-order valence-electron chi connectivity index (χ1n) is 8.87. The monoisotopic (exact) mass is 333 g/mol. The molecule has 1 aromatic carbocycles. The fourth-order valence-electron chi connectivity index (χ4n) is 3.53. The zero-order valence-corrected chi connectivity index (χ0v) is 14.5. The van der Waals surface area contributed by atoms with Crippen molar-refractivity contribution in [2.24, 2.45) is 0 Å². The Balaban J connectivity index is 1.64. The lowest BCUT2D eigenvalue weighted by molar-refractivity contribution is -0.148. The van der Waals surface area contributed by atoms with Gasteiger partial charge in [0.05, 0.1) is 11.0 Å². The van der Waals surface area contributed by atoms with Crippen LogP contribution in [0.3, 0.4) is 0 Å². The molecular weight excluding hydrogens is 306 g/mol. The molecule has 132 valence electrons. The minimum Gasteiger partial charge on any atom is -0.352 e. The third-order valence-electron chi connectivity index (χ3n) is 4.66. The van der Waals surface area contributed by atoms with E-state index < -0.39 is 0 Å². The molecule has 1 aromatic heterocycles. The number of nitrogens with one attached hydrogen (secondary N) is 1. The van der Waals surface area contributed by atoms with Gasteiger partial charge in [0.1, 0.15) is 0 Å². The summed E-state index contributed by atoms with van der Waals surface area (Å²) in [5, 5.41) is 0. The van der Waals surface area contributed by atoms with Crippen molar-refractivity contribution in [3.63, 3.8) is 0 Å². The molecule has 1 fully saturated rings. The molecule has 2 aromatic rings. The minimum atomic E-state index is -0.160. The number of benzene rings is 1. The second-order valence-electron chi connectivity index (χ2n) is 6.19. The number of hydrogen-bond acceptors (Lipinski definition) is 4. The van der Waals surface area contributed by atoms with Crippen LogP contribution in [0.25, 0.3) is 11.0 Å². The summed E-state index contributed by atoms with van der Waals surface area (Å²) in [6.07, 6.45) is 1.77. The topological polar surface area (TPSA) is 59.5 Å². The van der Waals surface area contributed by atoms with E-state index in [2.05, 4.69) is 9.88 Å². The highest BCUT2D eigenvalue weighted by Gasteiger charge is 2.25. The summed E-state index contributed by atoms with van der Waals surface area (Å²) in [7, 11) is 0. The zero-order valence-electron chi connectivity index (χ0n) is 14.5. The molecule has 0 spiro atoms. The largest absolute Gasteiger partial charge is 0.352 e. The van der Waals surface area contributed by atoms with Crippen LogP contribution in [0.1, 0.15) is 32.7 Å². The Morgan fingerprint density at radius 2 is 1.83 bits per heavy atom. The summed E-state index contributed by atoms with van der Waals surface area (Å²) in [6, 6.07) is 8.15. The van der Waals surface area contributed by atoms with E-state index in [0.717, 1.165) is 43.5 Å². The van der Waals surface area contributed by atoms with Crippen LogP contribution in [0.2, 0.25) is 0 Å². The van der Waals surface area contributed by atoms with Crippen molar-refractivity contribution in [2.75, 3.05) is 32.8 Å². The predicted octanol–water partition coefficient (Wildman–Crippen LogP) is 2.37. The van der Waals surface area contributed by atoms with Crippen molar-refractivity contribution in [2.45, 2.75) is 39.0 Å². The maximum Gasteiger partial charge on any atom is 0.326 e. The first-order valence-corrected chi connectivity index (χ1v) is 8.87. The van der Waals surface area contributed by atoms with E-state index in [1.807, 2.05) is 42.7 Å². The molecule has 1 N–H and O–H groups in total. The maximum atomic E-state index is 12.3. The molecule has 6 nitrogen and oxygen atoms in total. The Morgan fingerprint density at radius 1 is 1.17 bits per heavy atom. The van der Waals surface area contributed by atoms with Crippen molar-refractivity contribution < 1.29 is 9.47 Å². The van der Waals surface area contributed by atoms with Gasteiger partial charge in [-0.3, -0.25) is 9.47 Å². The number of hydrogen-bond donors (Lipinski definition) is 1. The number of para-hydroxylation sites is 2. The van der Waals surface area contributed by atoms with E-state index >= 15 is 0 Å². The summed E-state index contributed by atoms with van der Waals surface area (Å²) in [6.45, 7) is 7.98. The van der Waals surface area contributed by atoms with Crippen LogP contribution in [0.4, 0.5) is 0 Å². The van der Waals surface area contributed by atoms with Gasteiger partial charge in [-0.2, -0.15) is 0 Å². The van der Waals surface area contributed by atoms with Gasteiger partial charge in [-0.25, -0.2) is 4.79 Å². The van der Waals surface area contributed by atoms with Gasteiger partial charge >= 0.3 is 5.69 Å². The van der Waals surface area contributed by atoms with Crippen molar-refractivity contribution in [1.82, 2.24) is 14.5 Å². The zero-order chi connectivity index (χ0) is 16.9. The number of ether oxygens (including phenoxy) is 2. The number of nitrogens with zero attached hydrogens (tertiary/aromatic N) is 2. The van der Waals surface area contributed by atoms with Crippen LogP contribution in [-0.4, -0.2) is 53.6 Å². The number of fused-ring (bicyclic) bond motifs is 1. The minimum absolute atomic E-state index is 0.00356. The van der Waals surface area contributed by atoms with E-state index in [9.17, 15) is 4.79 Å². The SMILES string of the molecule is CCOC(CN1CCC(n2c(=O)[nH]c3ccccc32)CC1)OCC. The molecular formula is C18H27N3O3. The maximum absolute atomic E-state index is 12.3. The molecule has 2 heterocycles. The first kappa shape index (κ1) is 17.2. The number of aromatic amines is 1. The highest BCUT2D eigenvalue weighted by Crippen LogP contribution is 2.25. The highest BCUT2D eigenvalue weighted by molar-refractivity contribution is 5.75. The van der Waals surface area contributed by atoms with Gasteiger partial charge in [0.25, 0.3) is 0 Å². The molecule has 0 radical (unpaired) electrons. The number of aromatic nitrogens is 2. The molecule has 1 aliphatic heterocycles. The van der Waals surface area contributed by atoms with Gasteiger partial charge in [0, 0.05) is 38.9 Å². The molecule has 0 unspecified atom stereocenters. The number of likely N-dealkylation sites (tertiary alicyclic amines) is 1. The summed E-state index contributed by atoms with van der Waals surface area (Å²) in [5.74, 6) is 0. The van der Waals surface area contributed by atoms with Gasteiger partial charge in [-0.15, -0.1) is 0 Å². The van der Waals surface area contributed by atoms with Crippen molar-refractivity contribution in [3.8, 4) is 0 Å². The van der Waals surface area contributed by atoms with Crippen LogP contribution in [0.5, 0.6) is 0 Å². The van der Waals surface area contributed by atoms with Gasteiger partial charge < -0.3 is 14.5 Å². The molecule has 0 aliphatic carbocycles. The third kappa shape index (κ3) is 3.71. The lowest BCUT2D eigenvalue weighted by Gasteiger charge is -2.34. The highest BCUT2D eigenvalue weighted by atomic mass is 16.7. The van der Waals surface area contributed by atoms with Gasteiger partial charge in [-0.1, -0.05) is 12.1 Å². The van der Waals surface area contributed by atoms with E-state index in [0.29, 0.717) is 13.2 Å². The Morgan fingerprint density at radius 3 is 2.50 bits per heavy atom. The quantitative estimate of drug-likeness (QED) is 0.790. The molecule has 0 bridgehead atoms. The van der Waals surface area contributed by atoms with Crippen molar-refractivity contribution in [3.05, 3.63) is 34.7 Å². The predicted molar refractivity (Wildman–Crippen MR) is 94.3 cm³/mol. The lowest BCUT2D eigenvalue weighted by Crippen LogP contribution is -2.42. The summed E-state index contributed by atoms with van der Waals surface area (Å²) >= 11 is 0. The van der Waals surface area contributed by atoms with E-state index in [1.54, 1.807) is 0 Å². The van der Waals surface area contributed by atoms with Crippen LogP contribution < -0.4 is 5.69 Å². The smallest absolute Gasteiger partial charge is 0.326 e. The van der Waals surface area contributed by atoms with Crippen LogP contribution in [0.15, 0.2) is 29.1 Å². The Labute approximate surface area is 142 Å². The van der Waals surface area contributed by atoms with Crippen LogP contribution in [0, 0.1) is 0 Å². The Hall–Kier alpha value is -1.63. The third-order valence-corrected chi connectivity index (χ3v) is 4.66. The van der Waals surface area contributed by atoms with Crippen molar-refractivity contribution >= 4 is 11.0 Å². The summed E-state index contributed by atoms with van der Waals surface area (Å²) in [4.78, 5) is 17.6. The van der Waals surface area contributed by atoms with E-state index in [4.69, 9.17) is 9.47 Å². The Bertz CT molecular complexity index is 695. The average Bonchev–Trinajstić information content (AvgIpc) is 2.92. The Kier molecular flexibility index (Phi) is 5.71. The molecule has 24 heavy (non-hydrogen) atoms. The van der Waals surface area contributed by atoms with Gasteiger partial charge in [0.2, 0.25) is 0 Å². The van der Waals surface area contributed by atoms with E-state index in [-0.39, 0.29) is 18.0 Å². The molecule has 0 atom stereocenters. The molecule has 6 heteroatoms. The number of imidazole rings is 1. The second-order valence-corrected chi connectivity index (χ2v) is 6.19. The number of rotatable bonds is 7. The van der Waals surface area contributed by atoms with Crippen molar-refractivity contribution in [1.29, 1.82) is 0 Å². The number of H-pyrrole nitrogens is 1. The number of piperidine rings is 1. The van der Waals surface area contributed by atoms with Crippen LogP contribution >= 0.6 is 0 Å². The summed E-state index contributed by atoms with van der Waals surface area (Å²) in [5.41, 5.74) is 1.91. The average molecular weight is 333 g/mol. The second kappa shape index (κ2) is 7.96. The standard InChI is InChI=1S/C18H27N3O3/c1-3-23-17(24-4-2)13-20-11-9-14(10-12-20)21-16-8-6-5-7-15(16)19-18(21)22/h5-8,14,17H,3-4,9-13H2,1-2H3,(H,19,22). The molecule has 0 saturated carbocycles. The van der Waals surface area contributed by atoms with Gasteiger partial charge in [0.15, 0.2) is 6.29 Å². The molecule has 3 rings (SSSR count). The first-order chi connectivity index (χ1) is 11.7. The van der Waals surface area contributed by atoms with E-state index in [1.165, 1.54) is 0 Å². The normalized spacial score (nSPS) is 17.1.